The number of aromatic nitrogens is 3. The molecule has 1 unspecified atom stereocenters. The molecule has 2 aromatic heterocycles. The van der Waals surface area contributed by atoms with Gasteiger partial charge in [0.2, 0.25) is 0 Å². The molecule has 4 aromatic rings. The van der Waals surface area contributed by atoms with Gasteiger partial charge in [-0.25, -0.2) is 9.59 Å². The molecule has 7 rings (SSSR count). The Morgan fingerprint density at radius 1 is 1.02 bits per heavy atom. The Morgan fingerprint density at radius 3 is 2.58 bits per heavy atom. The van der Waals surface area contributed by atoms with Gasteiger partial charge < -0.3 is 25.2 Å². The van der Waals surface area contributed by atoms with Crippen LogP contribution in [0.15, 0.2) is 67.0 Å². The molecule has 0 aliphatic carbocycles. The van der Waals surface area contributed by atoms with Gasteiger partial charge >= 0.3 is 12.1 Å². The molecule has 232 valence electrons. The number of piperidine rings is 2. The fraction of sp³-hybridized carbons (Fsp3) is 0.382. The highest BCUT2D eigenvalue weighted by Crippen LogP contribution is 2.39. The highest BCUT2D eigenvalue weighted by atomic mass is 16.6. The monoisotopic (exact) mass is 607 g/mol. The van der Waals surface area contributed by atoms with Crippen LogP contribution in [0.4, 0.5) is 15.3 Å². The maximum absolute atomic E-state index is 14.0. The molecule has 45 heavy (non-hydrogen) atoms. The number of likely N-dealkylation sites (tertiary alicyclic amines) is 2. The van der Waals surface area contributed by atoms with Crippen molar-refractivity contribution in [3.63, 3.8) is 0 Å². The SMILES string of the molecule is Cc1cc(CC(OC(=O)N2CCC3(CC2)NC(=O)Nc2ccccc23)C(=O)N2CCC(c3ccccn3)CC2)cc2cn[nH]c12. The van der Waals surface area contributed by atoms with Crippen molar-refractivity contribution in [1.82, 2.24) is 30.3 Å². The van der Waals surface area contributed by atoms with E-state index in [0.717, 1.165) is 51.8 Å². The van der Waals surface area contributed by atoms with E-state index in [-0.39, 0.29) is 18.4 Å². The Labute approximate surface area is 261 Å². The summed E-state index contributed by atoms with van der Waals surface area (Å²) in [4.78, 5) is 48.1. The van der Waals surface area contributed by atoms with Gasteiger partial charge in [0.05, 0.1) is 17.3 Å². The van der Waals surface area contributed by atoms with Crippen molar-refractivity contribution in [2.75, 3.05) is 31.5 Å². The van der Waals surface area contributed by atoms with E-state index in [9.17, 15) is 14.4 Å². The normalized spacial score (nSPS) is 18.6. The average molecular weight is 608 g/mol. The Balaban J connectivity index is 1.07. The molecule has 3 aliphatic rings. The number of carbonyl (C=O) groups excluding carboxylic acids is 3. The Bertz CT molecular complexity index is 1720. The number of hydrogen-bond acceptors (Lipinski definition) is 6. The van der Waals surface area contributed by atoms with Crippen LogP contribution in [0.25, 0.3) is 10.9 Å². The standard InChI is InChI=1S/C34H37N7O4/c1-22-18-23(19-25-21-36-39-30(22)25)20-29(31(42)40-14-9-24(10-15-40)27-7-4-5-13-35-27)45-33(44)41-16-11-34(12-17-41)26-6-2-3-8-28(26)37-32(43)38-34/h2-8,13,18-19,21,24,29H,9-12,14-17,20H2,1H3,(H,36,39)(H2,37,38,43). The molecular formula is C34H37N7O4. The van der Waals surface area contributed by atoms with E-state index in [2.05, 4.69) is 25.8 Å². The fourth-order valence-corrected chi connectivity index (χ4v) is 7.15. The van der Waals surface area contributed by atoms with Crippen LogP contribution in [0.5, 0.6) is 0 Å². The van der Waals surface area contributed by atoms with E-state index in [1.54, 1.807) is 17.3 Å². The van der Waals surface area contributed by atoms with Crippen LogP contribution in [0.3, 0.4) is 0 Å². The second-order valence-electron chi connectivity index (χ2n) is 12.4. The number of nitrogens with zero attached hydrogens (tertiary/aromatic N) is 4. The van der Waals surface area contributed by atoms with E-state index in [0.29, 0.717) is 44.9 Å². The van der Waals surface area contributed by atoms with Crippen LogP contribution in [-0.4, -0.2) is 75.3 Å². The number of pyridine rings is 1. The number of benzene rings is 2. The quantitative estimate of drug-likeness (QED) is 0.297. The van der Waals surface area contributed by atoms with Gasteiger partial charge in [-0.1, -0.05) is 30.3 Å². The number of nitrogens with one attached hydrogen (secondary N) is 3. The first-order chi connectivity index (χ1) is 21.9. The largest absolute Gasteiger partial charge is 0.436 e. The van der Waals surface area contributed by atoms with Gasteiger partial charge in [0, 0.05) is 67.0 Å². The van der Waals surface area contributed by atoms with Gasteiger partial charge in [0.1, 0.15) is 0 Å². The summed E-state index contributed by atoms with van der Waals surface area (Å²) < 4.78 is 6.08. The van der Waals surface area contributed by atoms with Crippen molar-refractivity contribution < 1.29 is 19.1 Å². The van der Waals surface area contributed by atoms with E-state index < -0.39 is 17.7 Å². The Morgan fingerprint density at radius 2 is 1.80 bits per heavy atom. The molecule has 0 bridgehead atoms. The second-order valence-corrected chi connectivity index (χ2v) is 12.4. The molecule has 11 nitrogen and oxygen atoms in total. The fourth-order valence-electron chi connectivity index (χ4n) is 7.15. The Hall–Kier alpha value is -4.93. The smallest absolute Gasteiger partial charge is 0.410 e. The summed E-state index contributed by atoms with van der Waals surface area (Å²) in [6.07, 6.45) is 5.05. The van der Waals surface area contributed by atoms with Crippen LogP contribution in [0.1, 0.15) is 54.0 Å². The van der Waals surface area contributed by atoms with Crippen LogP contribution < -0.4 is 10.6 Å². The average Bonchev–Trinajstić information content (AvgIpc) is 3.54. The van der Waals surface area contributed by atoms with Crippen molar-refractivity contribution in [3.8, 4) is 0 Å². The number of urea groups is 1. The van der Waals surface area contributed by atoms with Crippen LogP contribution in [-0.2, 0) is 21.5 Å². The molecule has 11 heteroatoms. The topological polar surface area (TPSA) is 133 Å². The maximum atomic E-state index is 14.0. The van der Waals surface area contributed by atoms with Crippen molar-refractivity contribution >= 4 is 34.6 Å². The lowest BCUT2D eigenvalue weighted by Crippen LogP contribution is -2.58. The summed E-state index contributed by atoms with van der Waals surface area (Å²) in [5, 5.41) is 14.1. The van der Waals surface area contributed by atoms with E-state index in [1.807, 2.05) is 66.4 Å². The number of hydrogen-bond donors (Lipinski definition) is 3. The van der Waals surface area contributed by atoms with Gasteiger partial charge in [-0.05, 0) is 68.0 Å². The zero-order valence-electron chi connectivity index (χ0n) is 25.3. The predicted octanol–water partition coefficient (Wildman–Crippen LogP) is 4.85. The molecule has 4 amide bonds. The number of rotatable bonds is 5. The molecule has 3 N–H and O–H groups in total. The van der Waals surface area contributed by atoms with E-state index >= 15 is 0 Å². The summed E-state index contributed by atoms with van der Waals surface area (Å²) in [6.45, 7) is 3.94. The van der Waals surface area contributed by atoms with Crippen molar-refractivity contribution in [2.24, 2.45) is 0 Å². The van der Waals surface area contributed by atoms with Gasteiger partial charge in [-0.15, -0.1) is 0 Å². The van der Waals surface area contributed by atoms with E-state index in [4.69, 9.17) is 4.74 Å². The number of H-pyrrole nitrogens is 1. The number of ether oxygens (including phenoxy) is 1. The molecule has 0 saturated carbocycles. The molecule has 2 aromatic carbocycles. The highest BCUT2D eigenvalue weighted by Gasteiger charge is 2.43. The number of aryl methyl sites for hydroxylation is 1. The van der Waals surface area contributed by atoms with Gasteiger partial charge in [-0.2, -0.15) is 5.10 Å². The number of anilines is 1. The summed E-state index contributed by atoms with van der Waals surface area (Å²) in [5.41, 5.74) is 5.17. The predicted molar refractivity (Wildman–Crippen MR) is 169 cm³/mol. The molecule has 1 atom stereocenters. The second kappa shape index (κ2) is 11.9. The number of fused-ring (bicyclic) bond motifs is 3. The number of amides is 4. The minimum absolute atomic E-state index is 0.180. The third-order valence-electron chi connectivity index (χ3n) is 9.58. The van der Waals surface area contributed by atoms with Crippen LogP contribution in [0.2, 0.25) is 0 Å². The van der Waals surface area contributed by atoms with Gasteiger partial charge in [-0.3, -0.25) is 14.9 Å². The third kappa shape index (κ3) is 5.70. The highest BCUT2D eigenvalue weighted by molar-refractivity contribution is 5.94. The number of aromatic amines is 1. The first-order valence-electron chi connectivity index (χ1n) is 15.7. The number of para-hydroxylation sites is 1. The molecule has 5 heterocycles. The van der Waals surface area contributed by atoms with Crippen LogP contribution in [0, 0.1) is 6.92 Å². The summed E-state index contributed by atoms with van der Waals surface area (Å²) in [6, 6.07) is 17.5. The van der Waals surface area contributed by atoms with Crippen LogP contribution >= 0.6 is 0 Å². The maximum Gasteiger partial charge on any atom is 0.410 e. The van der Waals surface area contributed by atoms with E-state index in [1.165, 1.54) is 0 Å². The third-order valence-corrected chi connectivity index (χ3v) is 9.58. The first kappa shape index (κ1) is 28.8. The lowest BCUT2D eigenvalue weighted by molar-refractivity contribution is -0.142. The lowest BCUT2D eigenvalue weighted by Gasteiger charge is -2.45. The Kier molecular flexibility index (Phi) is 7.60. The summed E-state index contributed by atoms with van der Waals surface area (Å²) in [7, 11) is 0. The summed E-state index contributed by atoms with van der Waals surface area (Å²) in [5.74, 6) is 0.115. The molecule has 3 aliphatic heterocycles. The zero-order chi connectivity index (χ0) is 31.0. The molecule has 2 saturated heterocycles. The van der Waals surface area contributed by atoms with Gasteiger partial charge in [0.25, 0.3) is 5.91 Å². The van der Waals surface area contributed by atoms with Crippen molar-refractivity contribution in [1.29, 1.82) is 0 Å². The lowest BCUT2D eigenvalue weighted by atomic mass is 9.79. The van der Waals surface area contributed by atoms with Crippen molar-refractivity contribution in [2.45, 2.75) is 56.6 Å². The molecule has 1 spiro atoms. The van der Waals surface area contributed by atoms with Gasteiger partial charge in [0.15, 0.2) is 6.10 Å². The zero-order valence-corrected chi connectivity index (χ0v) is 25.3. The van der Waals surface area contributed by atoms with Crippen molar-refractivity contribution in [3.05, 3.63) is 89.4 Å². The number of carbonyl (C=O) groups is 3. The molecular weight excluding hydrogens is 570 g/mol. The minimum Gasteiger partial charge on any atom is -0.436 e. The minimum atomic E-state index is -0.970. The molecule has 2 fully saturated rings. The summed E-state index contributed by atoms with van der Waals surface area (Å²) >= 11 is 0. The molecule has 0 radical (unpaired) electrons. The first-order valence-corrected chi connectivity index (χ1v) is 15.7.